The first kappa shape index (κ1) is 18.2. The fraction of sp³-hybridized carbons (Fsp3) is 0.176. The zero-order chi connectivity index (χ0) is 18.7. The molecule has 1 aromatic heterocycles. The van der Waals surface area contributed by atoms with Crippen molar-refractivity contribution in [3.8, 4) is 0 Å². The first-order chi connectivity index (χ1) is 12.4. The Balaban J connectivity index is 1.77. The second-order valence-corrected chi connectivity index (χ2v) is 6.41. The molecule has 0 saturated carbocycles. The van der Waals surface area contributed by atoms with Crippen LogP contribution in [0.1, 0.15) is 15.9 Å². The molecule has 3 N–H and O–H groups in total. The molecule has 0 aliphatic carbocycles. The molecule has 3 aromatic rings. The van der Waals surface area contributed by atoms with Gasteiger partial charge in [0.15, 0.2) is 5.13 Å². The van der Waals surface area contributed by atoms with Crippen molar-refractivity contribution in [2.75, 3.05) is 18.5 Å². The Kier molecular flexibility index (Phi) is 5.10. The predicted molar refractivity (Wildman–Crippen MR) is 93.8 cm³/mol. The van der Waals surface area contributed by atoms with E-state index in [1.165, 1.54) is 23.5 Å². The Bertz CT molecular complexity index is 923. The van der Waals surface area contributed by atoms with Crippen LogP contribution < -0.4 is 10.6 Å². The van der Waals surface area contributed by atoms with Crippen molar-refractivity contribution >= 4 is 38.3 Å². The van der Waals surface area contributed by atoms with Gasteiger partial charge in [-0.15, -0.1) is 0 Å². The van der Waals surface area contributed by atoms with E-state index in [-0.39, 0.29) is 19.1 Å². The molecule has 0 fully saturated rings. The van der Waals surface area contributed by atoms with Crippen molar-refractivity contribution in [3.63, 3.8) is 0 Å². The number of benzene rings is 2. The summed E-state index contributed by atoms with van der Waals surface area (Å²) in [5.74, 6) is -0.299. The number of anilines is 2. The van der Waals surface area contributed by atoms with Crippen LogP contribution in [0.3, 0.4) is 0 Å². The molecule has 5 nitrogen and oxygen atoms in total. The molecular weight excluding hydrogens is 367 g/mol. The lowest BCUT2D eigenvalue weighted by Crippen LogP contribution is -2.26. The van der Waals surface area contributed by atoms with Crippen LogP contribution in [-0.2, 0) is 6.18 Å². The molecule has 0 unspecified atom stereocenters. The number of carbonyl (C=O) groups is 1. The zero-order valence-corrected chi connectivity index (χ0v) is 14.1. The van der Waals surface area contributed by atoms with Gasteiger partial charge in [-0.1, -0.05) is 11.3 Å². The van der Waals surface area contributed by atoms with Gasteiger partial charge in [0.25, 0.3) is 5.91 Å². The normalized spacial score (nSPS) is 11.5. The number of aliphatic hydroxyl groups is 1. The van der Waals surface area contributed by atoms with Crippen molar-refractivity contribution in [1.29, 1.82) is 0 Å². The third-order valence-electron chi connectivity index (χ3n) is 3.51. The topological polar surface area (TPSA) is 74.2 Å². The van der Waals surface area contributed by atoms with Crippen molar-refractivity contribution < 1.29 is 23.1 Å². The number of rotatable bonds is 5. The number of aromatic nitrogens is 1. The first-order valence-electron chi connectivity index (χ1n) is 7.61. The number of carbonyl (C=O) groups excluding carboxylic acids is 1. The summed E-state index contributed by atoms with van der Waals surface area (Å²) in [5, 5.41) is 14.8. The quantitative estimate of drug-likeness (QED) is 0.629. The SMILES string of the molecule is O=C(NCCO)c1ccc2nc(Nc3ccc(C(F)(F)F)cc3)sc2c1. The van der Waals surface area contributed by atoms with Gasteiger partial charge >= 0.3 is 6.18 Å². The van der Waals surface area contributed by atoms with E-state index in [9.17, 15) is 18.0 Å². The Morgan fingerprint density at radius 3 is 2.54 bits per heavy atom. The molecule has 1 amide bonds. The van der Waals surface area contributed by atoms with E-state index >= 15 is 0 Å². The third kappa shape index (κ3) is 4.12. The van der Waals surface area contributed by atoms with Gasteiger partial charge in [0, 0.05) is 17.8 Å². The first-order valence-corrected chi connectivity index (χ1v) is 8.42. The lowest BCUT2D eigenvalue weighted by atomic mass is 10.2. The van der Waals surface area contributed by atoms with Gasteiger partial charge in [0.1, 0.15) is 0 Å². The number of amides is 1. The fourth-order valence-electron chi connectivity index (χ4n) is 2.26. The molecule has 0 aliphatic heterocycles. The van der Waals surface area contributed by atoms with Crippen LogP contribution in [0.2, 0.25) is 0 Å². The lowest BCUT2D eigenvalue weighted by Gasteiger charge is -2.07. The van der Waals surface area contributed by atoms with Crippen molar-refractivity contribution in [3.05, 3.63) is 53.6 Å². The van der Waals surface area contributed by atoms with Crippen LogP contribution in [0.4, 0.5) is 24.0 Å². The lowest BCUT2D eigenvalue weighted by molar-refractivity contribution is -0.137. The second-order valence-electron chi connectivity index (χ2n) is 5.38. The highest BCUT2D eigenvalue weighted by molar-refractivity contribution is 7.22. The number of nitrogens with zero attached hydrogens (tertiary/aromatic N) is 1. The summed E-state index contributed by atoms with van der Waals surface area (Å²) in [7, 11) is 0. The van der Waals surface area contributed by atoms with Crippen molar-refractivity contribution in [2.45, 2.75) is 6.18 Å². The molecule has 136 valence electrons. The molecule has 0 bridgehead atoms. The van der Waals surface area contributed by atoms with Crippen molar-refractivity contribution in [1.82, 2.24) is 10.3 Å². The van der Waals surface area contributed by atoms with E-state index in [0.29, 0.717) is 21.9 Å². The van der Waals surface area contributed by atoms with Gasteiger partial charge in [-0.3, -0.25) is 4.79 Å². The maximum atomic E-state index is 12.6. The minimum absolute atomic E-state index is 0.143. The predicted octanol–water partition coefficient (Wildman–Crippen LogP) is 3.78. The van der Waals surface area contributed by atoms with Crippen LogP contribution >= 0.6 is 11.3 Å². The number of alkyl halides is 3. The van der Waals surface area contributed by atoms with E-state index in [2.05, 4.69) is 15.6 Å². The van der Waals surface area contributed by atoms with Gasteiger partial charge in [-0.05, 0) is 42.5 Å². The summed E-state index contributed by atoms with van der Waals surface area (Å²) in [5.41, 5.74) is 0.877. The van der Waals surface area contributed by atoms with Gasteiger partial charge in [0.2, 0.25) is 0 Å². The molecule has 0 radical (unpaired) electrons. The minimum Gasteiger partial charge on any atom is -0.395 e. The third-order valence-corrected chi connectivity index (χ3v) is 4.45. The zero-order valence-electron chi connectivity index (χ0n) is 13.3. The van der Waals surface area contributed by atoms with Crippen LogP contribution in [0.15, 0.2) is 42.5 Å². The number of hydrogen-bond donors (Lipinski definition) is 3. The number of thiazole rings is 1. The molecule has 1 heterocycles. The smallest absolute Gasteiger partial charge is 0.395 e. The Morgan fingerprint density at radius 1 is 1.15 bits per heavy atom. The van der Waals surface area contributed by atoms with Gasteiger partial charge in [-0.2, -0.15) is 13.2 Å². The Hall–Kier alpha value is -2.65. The maximum Gasteiger partial charge on any atom is 0.416 e. The van der Waals surface area contributed by atoms with E-state index in [4.69, 9.17) is 5.11 Å². The minimum atomic E-state index is -4.37. The van der Waals surface area contributed by atoms with Gasteiger partial charge in [-0.25, -0.2) is 4.98 Å². The summed E-state index contributed by atoms with van der Waals surface area (Å²) in [6.45, 7) is 0.0238. The monoisotopic (exact) mass is 381 g/mol. The van der Waals surface area contributed by atoms with E-state index < -0.39 is 11.7 Å². The second kappa shape index (κ2) is 7.30. The van der Waals surface area contributed by atoms with Crippen molar-refractivity contribution in [2.24, 2.45) is 0 Å². The van der Waals surface area contributed by atoms with Crippen LogP contribution in [0.25, 0.3) is 10.2 Å². The Morgan fingerprint density at radius 2 is 1.88 bits per heavy atom. The summed E-state index contributed by atoms with van der Waals surface area (Å²) in [6, 6.07) is 9.66. The molecule has 0 saturated heterocycles. The highest BCUT2D eigenvalue weighted by Crippen LogP contribution is 2.32. The number of hydrogen-bond acceptors (Lipinski definition) is 5. The summed E-state index contributed by atoms with van der Waals surface area (Å²) >= 11 is 1.28. The summed E-state index contributed by atoms with van der Waals surface area (Å²) in [4.78, 5) is 16.3. The standard InChI is InChI=1S/C17H14F3N3O2S/c18-17(19,20)11-2-4-12(5-3-11)22-16-23-13-6-1-10(9-14(13)26-16)15(25)21-7-8-24/h1-6,9,24H,7-8H2,(H,21,25)(H,22,23). The largest absolute Gasteiger partial charge is 0.416 e. The van der Waals surface area contributed by atoms with Gasteiger partial charge < -0.3 is 15.7 Å². The van der Waals surface area contributed by atoms with Gasteiger partial charge in [0.05, 0.1) is 22.4 Å². The van der Waals surface area contributed by atoms with Crippen LogP contribution in [-0.4, -0.2) is 29.1 Å². The molecule has 0 atom stereocenters. The molecule has 9 heteroatoms. The molecule has 26 heavy (non-hydrogen) atoms. The van der Waals surface area contributed by atoms with Crippen LogP contribution in [0, 0.1) is 0 Å². The van der Waals surface area contributed by atoms with Crippen LogP contribution in [0.5, 0.6) is 0 Å². The number of nitrogens with one attached hydrogen (secondary N) is 2. The summed E-state index contributed by atoms with van der Waals surface area (Å²) in [6.07, 6.45) is -4.37. The summed E-state index contributed by atoms with van der Waals surface area (Å²) < 4.78 is 38.5. The number of fused-ring (bicyclic) bond motifs is 1. The number of aliphatic hydroxyl groups excluding tert-OH is 1. The molecule has 0 spiro atoms. The number of halogens is 3. The average Bonchev–Trinajstić information content (AvgIpc) is 3.00. The molecule has 3 rings (SSSR count). The molecule has 0 aliphatic rings. The van der Waals surface area contributed by atoms with E-state index in [1.807, 2.05) is 0 Å². The Labute approximate surface area is 150 Å². The van der Waals surface area contributed by atoms with E-state index in [0.717, 1.165) is 16.8 Å². The average molecular weight is 381 g/mol. The maximum absolute atomic E-state index is 12.6. The fourth-order valence-corrected chi connectivity index (χ4v) is 3.18. The van der Waals surface area contributed by atoms with E-state index in [1.54, 1.807) is 18.2 Å². The molecule has 2 aromatic carbocycles. The highest BCUT2D eigenvalue weighted by Gasteiger charge is 2.29. The molecular formula is C17H14F3N3O2S. The highest BCUT2D eigenvalue weighted by atomic mass is 32.1.